The van der Waals surface area contributed by atoms with E-state index < -0.39 is 23.6 Å². The molecule has 0 saturated carbocycles. The first kappa shape index (κ1) is 23.0. The minimum atomic E-state index is -4.79. The van der Waals surface area contributed by atoms with Gasteiger partial charge in [0.15, 0.2) is 5.65 Å². The predicted octanol–water partition coefficient (Wildman–Crippen LogP) is 4.51. The monoisotopic (exact) mass is 465 g/mol. The molecule has 3 aromatic rings. The zero-order valence-corrected chi connectivity index (χ0v) is 18.5. The maximum absolute atomic E-state index is 14.7. The maximum Gasteiger partial charge on any atom is 0.419 e. The molecule has 1 fully saturated rings. The van der Waals surface area contributed by atoms with Crippen LogP contribution in [0.2, 0.25) is 0 Å². The molecule has 11 heteroatoms. The van der Waals surface area contributed by atoms with Crippen molar-refractivity contribution in [3.05, 3.63) is 47.0 Å². The molecular weight excluding hydrogens is 442 g/mol. The normalized spacial score (nSPS) is 15.5. The third kappa shape index (κ3) is 4.37. The summed E-state index contributed by atoms with van der Waals surface area (Å²) >= 11 is 0. The van der Waals surface area contributed by atoms with Gasteiger partial charge in [-0.25, -0.2) is 14.4 Å². The van der Waals surface area contributed by atoms with Gasteiger partial charge in [-0.05, 0) is 26.0 Å². The molecule has 33 heavy (non-hydrogen) atoms. The summed E-state index contributed by atoms with van der Waals surface area (Å²) in [4.78, 5) is 15.3. The van der Waals surface area contributed by atoms with Crippen molar-refractivity contribution in [1.29, 1.82) is 0 Å². The zero-order chi connectivity index (χ0) is 23.9. The van der Waals surface area contributed by atoms with Gasteiger partial charge in [0.25, 0.3) is 0 Å². The summed E-state index contributed by atoms with van der Waals surface area (Å²) in [6.07, 6.45) is -4.69. The SMILES string of the molecule is COc1nc2nc(C)nc(N[C@H](C)c3cccc(C(F)(F)F)c3F)c2cc1N1CC(OC)C1. The lowest BCUT2D eigenvalue weighted by atomic mass is 10.0. The van der Waals surface area contributed by atoms with E-state index >= 15 is 0 Å². The van der Waals surface area contributed by atoms with Crippen LogP contribution in [0.5, 0.6) is 5.88 Å². The van der Waals surface area contributed by atoms with E-state index in [1.165, 1.54) is 19.2 Å². The third-order valence-corrected chi connectivity index (χ3v) is 5.61. The van der Waals surface area contributed by atoms with Crippen LogP contribution in [-0.2, 0) is 10.9 Å². The second-order valence-electron chi connectivity index (χ2n) is 7.84. The van der Waals surface area contributed by atoms with E-state index in [1.54, 1.807) is 21.0 Å². The highest BCUT2D eigenvalue weighted by Crippen LogP contribution is 2.37. The molecule has 0 spiro atoms. The summed E-state index contributed by atoms with van der Waals surface area (Å²) in [5.41, 5.74) is -0.365. The molecule has 0 radical (unpaired) electrons. The van der Waals surface area contributed by atoms with Crippen molar-refractivity contribution < 1.29 is 27.0 Å². The Morgan fingerprint density at radius 3 is 2.52 bits per heavy atom. The molecule has 1 aliphatic rings. The van der Waals surface area contributed by atoms with E-state index in [9.17, 15) is 17.6 Å². The number of methoxy groups -OCH3 is 2. The molecule has 2 aromatic heterocycles. The smallest absolute Gasteiger partial charge is 0.419 e. The van der Waals surface area contributed by atoms with Crippen LogP contribution in [0.3, 0.4) is 0 Å². The summed E-state index contributed by atoms with van der Waals surface area (Å²) in [5, 5.41) is 3.58. The number of pyridine rings is 1. The minimum Gasteiger partial charge on any atom is -0.479 e. The summed E-state index contributed by atoms with van der Waals surface area (Å²) in [6, 6.07) is 4.22. The summed E-state index contributed by atoms with van der Waals surface area (Å²) in [6.45, 7) is 4.54. The van der Waals surface area contributed by atoms with Gasteiger partial charge in [0, 0.05) is 25.8 Å². The Balaban J connectivity index is 1.73. The van der Waals surface area contributed by atoms with Gasteiger partial charge in [-0.15, -0.1) is 0 Å². The Hall–Kier alpha value is -3.21. The highest BCUT2D eigenvalue weighted by atomic mass is 19.4. The molecule has 0 bridgehead atoms. The van der Waals surface area contributed by atoms with E-state index in [-0.39, 0.29) is 11.7 Å². The number of halogens is 4. The Kier molecular flexibility index (Phi) is 6.00. The van der Waals surface area contributed by atoms with Gasteiger partial charge in [0.05, 0.1) is 30.2 Å². The second-order valence-corrected chi connectivity index (χ2v) is 7.84. The van der Waals surface area contributed by atoms with Crippen molar-refractivity contribution in [2.24, 2.45) is 0 Å². The molecule has 0 amide bonds. The second kappa shape index (κ2) is 8.62. The average Bonchev–Trinajstić information content (AvgIpc) is 2.71. The number of aryl methyl sites for hydroxylation is 1. The summed E-state index contributed by atoms with van der Waals surface area (Å²) < 4.78 is 64.9. The molecule has 176 valence electrons. The van der Waals surface area contributed by atoms with Crippen molar-refractivity contribution in [3.8, 4) is 5.88 Å². The maximum atomic E-state index is 14.7. The number of nitrogens with one attached hydrogen (secondary N) is 1. The van der Waals surface area contributed by atoms with Crippen LogP contribution in [0.4, 0.5) is 29.1 Å². The molecule has 1 aromatic carbocycles. The van der Waals surface area contributed by atoms with E-state index in [4.69, 9.17) is 9.47 Å². The fourth-order valence-electron chi connectivity index (χ4n) is 3.79. The number of rotatable bonds is 6. The summed E-state index contributed by atoms with van der Waals surface area (Å²) in [7, 11) is 3.15. The third-order valence-electron chi connectivity index (χ3n) is 5.61. The molecule has 4 rings (SSSR count). The number of hydrogen-bond acceptors (Lipinski definition) is 7. The van der Waals surface area contributed by atoms with Gasteiger partial charge in [0.2, 0.25) is 5.88 Å². The van der Waals surface area contributed by atoms with Crippen LogP contribution in [0, 0.1) is 12.7 Å². The zero-order valence-electron chi connectivity index (χ0n) is 18.5. The highest BCUT2D eigenvalue weighted by molar-refractivity contribution is 5.90. The molecule has 0 unspecified atom stereocenters. The molecule has 0 aliphatic carbocycles. The van der Waals surface area contributed by atoms with Gasteiger partial charge in [-0.1, -0.05) is 12.1 Å². The summed E-state index contributed by atoms with van der Waals surface area (Å²) in [5.74, 6) is -0.195. The number of nitrogens with zero attached hydrogens (tertiary/aromatic N) is 4. The van der Waals surface area contributed by atoms with Gasteiger partial charge in [-0.3, -0.25) is 0 Å². The van der Waals surface area contributed by atoms with E-state index in [0.29, 0.717) is 47.3 Å². The lowest BCUT2D eigenvalue weighted by molar-refractivity contribution is -0.140. The quantitative estimate of drug-likeness (QED) is 0.537. The van der Waals surface area contributed by atoms with Crippen LogP contribution < -0.4 is 15.0 Å². The Morgan fingerprint density at radius 1 is 1.15 bits per heavy atom. The van der Waals surface area contributed by atoms with Crippen molar-refractivity contribution in [3.63, 3.8) is 0 Å². The van der Waals surface area contributed by atoms with E-state index in [2.05, 4.69) is 20.3 Å². The molecule has 7 nitrogen and oxygen atoms in total. The van der Waals surface area contributed by atoms with Crippen molar-refractivity contribution in [2.75, 3.05) is 37.5 Å². The Bertz CT molecular complexity index is 1180. The molecule has 3 heterocycles. The van der Waals surface area contributed by atoms with Crippen LogP contribution in [0.1, 0.15) is 29.9 Å². The molecule has 1 N–H and O–H groups in total. The predicted molar refractivity (Wildman–Crippen MR) is 115 cm³/mol. The molecular formula is C22H23F4N5O2. The first-order chi connectivity index (χ1) is 15.6. The van der Waals surface area contributed by atoms with E-state index in [0.717, 1.165) is 6.07 Å². The average molecular weight is 465 g/mol. The van der Waals surface area contributed by atoms with Crippen molar-refractivity contribution in [1.82, 2.24) is 15.0 Å². The minimum absolute atomic E-state index is 0.0983. The van der Waals surface area contributed by atoms with Crippen LogP contribution in [0.25, 0.3) is 11.0 Å². The van der Waals surface area contributed by atoms with Crippen LogP contribution >= 0.6 is 0 Å². The van der Waals surface area contributed by atoms with Crippen LogP contribution in [-0.4, -0.2) is 48.4 Å². The molecule has 1 aliphatic heterocycles. The van der Waals surface area contributed by atoms with Gasteiger partial charge in [-0.2, -0.15) is 18.2 Å². The topological polar surface area (TPSA) is 72.4 Å². The number of anilines is 2. The lowest BCUT2D eigenvalue weighted by Gasteiger charge is -2.40. The van der Waals surface area contributed by atoms with Gasteiger partial charge < -0.3 is 19.7 Å². The van der Waals surface area contributed by atoms with E-state index in [1.807, 2.05) is 11.0 Å². The fraction of sp³-hybridized carbons (Fsp3) is 0.409. The first-order valence-electron chi connectivity index (χ1n) is 10.3. The number of benzene rings is 1. The number of fused-ring (bicyclic) bond motifs is 1. The lowest BCUT2D eigenvalue weighted by Crippen LogP contribution is -2.52. The largest absolute Gasteiger partial charge is 0.479 e. The van der Waals surface area contributed by atoms with Gasteiger partial charge in [0.1, 0.15) is 23.1 Å². The molecule has 1 saturated heterocycles. The Labute approximate surface area is 187 Å². The number of aromatic nitrogens is 3. The standard InChI is InChI=1S/C22H23F4N5O2/c1-11(14-6-5-7-16(18(14)23)22(24,25)26)27-19-15-8-17(31-9-13(10-31)32-3)21(33-4)30-20(15)29-12(2)28-19/h5-8,11,13H,9-10H2,1-4H3,(H,27,28,29,30)/t11-/m1/s1. The number of hydrogen-bond donors (Lipinski definition) is 1. The first-order valence-corrected chi connectivity index (χ1v) is 10.3. The number of ether oxygens (including phenoxy) is 2. The highest BCUT2D eigenvalue weighted by Gasteiger charge is 2.35. The Morgan fingerprint density at radius 2 is 1.88 bits per heavy atom. The van der Waals surface area contributed by atoms with Gasteiger partial charge >= 0.3 is 6.18 Å². The fourth-order valence-corrected chi connectivity index (χ4v) is 3.79. The van der Waals surface area contributed by atoms with Crippen molar-refractivity contribution >= 4 is 22.5 Å². The van der Waals surface area contributed by atoms with Crippen LogP contribution in [0.15, 0.2) is 24.3 Å². The van der Waals surface area contributed by atoms with Crippen molar-refractivity contribution in [2.45, 2.75) is 32.2 Å². The number of alkyl halides is 3. The molecule has 1 atom stereocenters.